The lowest BCUT2D eigenvalue weighted by atomic mass is 10.00. The van der Waals surface area contributed by atoms with Gasteiger partial charge in [-0.05, 0) is 27.2 Å². The molecule has 11 heavy (non-hydrogen) atoms. The number of hydrogen-bond acceptors (Lipinski definition) is 2. The highest BCUT2D eigenvalue weighted by molar-refractivity contribution is 5.75. The van der Waals surface area contributed by atoms with Crippen LogP contribution in [-0.2, 0) is 4.79 Å². The molecule has 0 saturated carbocycles. The monoisotopic (exact) mass is 158 g/mol. The Morgan fingerprint density at radius 2 is 2.09 bits per heavy atom. The van der Waals surface area contributed by atoms with Gasteiger partial charge in [-0.15, -0.1) is 0 Å². The van der Waals surface area contributed by atoms with E-state index in [-0.39, 0.29) is 11.4 Å². The average Bonchev–Trinajstić information content (AvgIpc) is 1.83. The maximum absolute atomic E-state index is 10.9. The summed E-state index contributed by atoms with van der Waals surface area (Å²) in [4.78, 5) is 10.9. The molecular weight excluding hydrogens is 140 g/mol. The maximum Gasteiger partial charge on any atom is 0.220 e. The van der Waals surface area contributed by atoms with E-state index in [4.69, 9.17) is 5.73 Å². The molecule has 0 fully saturated rings. The van der Waals surface area contributed by atoms with E-state index in [2.05, 4.69) is 5.32 Å². The van der Waals surface area contributed by atoms with Crippen LogP contribution < -0.4 is 11.1 Å². The Labute approximate surface area is 68.3 Å². The minimum absolute atomic E-state index is 0.0889. The first-order chi connectivity index (χ1) is 4.95. The van der Waals surface area contributed by atoms with Crippen molar-refractivity contribution in [2.45, 2.75) is 39.2 Å². The van der Waals surface area contributed by atoms with E-state index in [1.54, 1.807) is 0 Å². The summed E-state index contributed by atoms with van der Waals surface area (Å²) in [6.45, 7) is 6.45. The van der Waals surface area contributed by atoms with Crippen LogP contribution in [0.2, 0.25) is 0 Å². The first-order valence-electron chi connectivity index (χ1n) is 4.01. The number of hydrogen-bond donors (Lipinski definition) is 2. The van der Waals surface area contributed by atoms with E-state index >= 15 is 0 Å². The second-order valence-corrected chi connectivity index (χ2v) is 3.44. The van der Waals surface area contributed by atoms with Gasteiger partial charge in [0.1, 0.15) is 0 Å². The fourth-order valence-electron chi connectivity index (χ4n) is 0.721. The average molecular weight is 158 g/mol. The van der Waals surface area contributed by atoms with Crippen LogP contribution >= 0.6 is 0 Å². The fraction of sp³-hybridized carbons (Fsp3) is 0.875. The van der Waals surface area contributed by atoms with Crippen molar-refractivity contribution < 1.29 is 4.79 Å². The van der Waals surface area contributed by atoms with Gasteiger partial charge in [0, 0.05) is 18.5 Å². The summed E-state index contributed by atoms with van der Waals surface area (Å²) in [6.07, 6.45) is 1.26. The molecule has 0 aromatic carbocycles. The summed E-state index contributed by atoms with van der Waals surface area (Å²) < 4.78 is 0. The van der Waals surface area contributed by atoms with E-state index in [1.165, 1.54) is 0 Å². The normalized spacial score (nSPS) is 11.3. The van der Waals surface area contributed by atoms with Crippen molar-refractivity contribution in [3.8, 4) is 0 Å². The van der Waals surface area contributed by atoms with Crippen molar-refractivity contribution in [2.24, 2.45) is 5.73 Å². The summed E-state index contributed by atoms with van der Waals surface area (Å²) >= 11 is 0. The minimum Gasteiger partial charge on any atom is -0.356 e. The number of carbonyl (C=O) groups excluding carboxylic acids is 1. The number of amides is 1. The molecule has 0 aromatic rings. The predicted octanol–water partition coefficient (Wildman–Crippen LogP) is 0.640. The zero-order valence-corrected chi connectivity index (χ0v) is 7.61. The number of nitrogens with one attached hydrogen (secondary N) is 1. The molecule has 0 aromatic heterocycles. The Morgan fingerprint density at radius 1 is 1.55 bits per heavy atom. The SMILES string of the molecule is CCNC(=O)CCC(C)(C)N. The number of rotatable bonds is 4. The van der Waals surface area contributed by atoms with E-state index in [0.717, 1.165) is 6.42 Å². The Morgan fingerprint density at radius 3 is 2.45 bits per heavy atom. The van der Waals surface area contributed by atoms with Crippen molar-refractivity contribution in [1.29, 1.82) is 0 Å². The van der Waals surface area contributed by atoms with Gasteiger partial charge in [-0.1, -0.05) is 0 Å². The van der Waals surface area contributed by atoms with Crippen LogP contribution in [0.3, 0.4) is 0 Å². The summed E-state index contributed by atoms with van der Waals surface area (Å²) in [5, 5.41) is 2.72. The van der Waals surface area contributed by atoms with E-state index < -0.39 is 0 Å². The first-order valence-corrected chi connectivity index (χ1v) is 4.01. The molecule has 0 atom stereocenters. The van der Waals surface area contributed by atoms with Crippen LogP contribution in [0.4, 0.5) is 0 Å². The maximum atomic E-state index is 10.9. The lowest BCUT2D eigenvalue weighted by Gasteiger charge is -2.17. The molecule has 0 saturated heterocycles. The van der Waals surface area contributed by atoms with Gasteiger partial charge in [-0.2, -0.15) is 0 Å². The van der Waals surface area contributed by atoms with Gasteiger partial charge in [-0.25, -0.2) is 0 Å². The molecule has 0 aliphatic rings. The Balaban J connectivity index is 3.46. The number of carbonyl (C=O) groups is 1. The molecule has 0 aliphatic heterocycles. The smallest absolute Gasteiger partial charge is 0.220 e. The standard InChI is InChI=1S/C8H18N2O/c1-4-10-7(11)5-6-8(2,3)9/h4-6,9H2,1-3H3,(H,10,11). The van der Waals surface area contributed by atoms with E-state index in [0.29, 0.717) is 13.0 Å². The molecule has 3 N–H and O–H groups in total. The van der Waals surface area contributed by atoms with Gasteiger partial charge in [-0.3, -0.25) is 4.79 Å². The Bertz CT molecular complexity index is 127. The molecule has 66 valence electrons. The minimum atomic E-state index is -0.231. The highest BCUT2D eigenvalue weighted by atomic mass is 16.1. The van der Waals surface area contributed by atoms with Gasteiger partial charge < -0.3 is 11.1 Å². The molecule has 0 aliphatic carbocycles. The summed E-state index contributed by atoms with van der Waals surface area (Å²) in [5.74, 6) is 0.0889. The van der Waals surface area contributed by atoms with Gasteiger partial charge in [0.05, 0.1) is 0 Å². The van der Waals surface area contributed by atoms with Crippen molar-refractivity contribution >= 4 is 5.91 Å². The van der Waals surface area contributed by atoms with Crippen molar-refractivity contribution in [3.05, 3.63) is 0 Å². The lowest BCUT2D eigenvalue weighted by molar-refractivity contribution is -0.121. The molecule has 0 bridgehead atoms. The van der Waals surface area contributed by atoms with Crippen LogP contribution in [-0.4, -0.2) is 18.0 Å². The topological polar surface area (TPSA) is 55.1 Å². The quantitative estimate of drug-likeness (QED) is 0.631. The molecule has 0 spiro atoms. The molecule has 0 radical (unpaired) electrons. The van der Waals surface area contributed by atoms with Crippen LogP contribution in [0.5, 0.6) is 0 Å². The van der Waals surface area contributed by atoms with Crippen LogP contribution in [0.25, 0.3) is 0 Å². The second kappa shape index (κ2) is 4.34. The van der Waals surface area contributed by atoms with Crippen LogP contribution in [0.1, 0.15) is 33.6 Å². The van der Waals surface area contributed by atoms with Crippen LogP contribution in [0.15, 0.2) is 0 Å². The summed E-state index contributed by atoms with van der Waals surface area (Å²) in [6, 6.07) is 0. The van der Waals surface area contributed by atoms with E-state index in [9.17, 15) is 4.79 Å². The third-order valence-electron chi connectivity index (χ3n) is 1.37. The van der Waals surface area contributed by atoms with Crippen LogP contribution in [0, 0.1) is 0 Å². The lowest BCUT2D eigenvalue weighted by Crippen LogP contribution is -2.34. The summed E-state index contributed by atoms with van der Waals surface area (Å²) in [7, 11) is 0. The zero-order chi connectivity index (χ0) is 8.91. The Kier molecular flexibility index (Phi) is 4.11. The molecule has 3 heteroatoms. The third kappa shape index (κ3) is 7.33. The first kappa shape index (κ1) is 10.4. The van der Waals surface area contributed by atoms with Crippen molar-refractivity contribution in [1.82, 2.24) is 5.32 Å². The van der Waals surface area contributed by atoms with E-state index in [1.807, 2.05) is 20.8 Å². The van der Waals surface area contributed by atoms with Gasteiger partial charge in [0.25, 0.3) is 0 Å². The molecule has 1 amide bonds. The largest absolute Gasteiger partial charge is 0.356 e. The highest BCUT2D eigenvalue weighted by Gasteiger charge is 2.12. The fourth-order valence-corrected chi connectivity index (χ4v) is 0.721. The summed E-state index contributed by atoms with van der Waals surface area (Å²) in [5.41, 5.74) is 5.47. The Hall–Kier alpha value is -0.570. The third-order valence-corrected chi connectivity index (χ3v) is 1.37. The van der Waals surface area contributed by atoms with Crippen molar-refractivity contribution in [3.63, 3.8) is 0 Å². The molecular formula is C8H18N2O. The van der Waals surface area contributed by atoms with Gasteiger partial charge >= 0.3 is 0 Å². The predicted molar refractivity (Wildman–Crippen MR) is 46.2 cm³/mol. The van der Waals surface area contributed by atoms with Gasteiger partial charge in [0.2, 0.25) is 5.91 Å². The highest BCUT2D eigenvalue weighted by Crippen LogP contribution is 2.05. The van der Waals surface area contributed by atoms with Gasteiger partial charge in [0.15, 0.2) is 0 Å². The molecule has 0 heterocycles. The molecule has 3 nitrogen and oxygen atoms in total. The zero-order valence-electron chi connectivity index (χ0n) is 7.61. The second-order valence-electron chi connectivity index (χ2n) is 3.44. The molecule has 0 unspecified atom stereocenters. The number of nitrogens with two attached hydrogens (primary N) is 1. The van der Waals surface area contributed by atoms with Crippen molar-refractivity contribution in [2.75, 3.05) is 6.54 Å². The molecule has 0 rings (SSSR count).